The second-order valence-electron chi connectivity index (χ2n) is 4.96. The highest BCUT2D eigenvalue weighted by atomic mass is 32.1. The molecule has 0 fully saturated rings. The van der Waals surface area contributed by atoms with Crippen LogP contribution in [0.3, 0.4) is 0 Å². The normalized spacial score (nSPS) is 19.6. The maximum atomic E-state index is 5.52. The molecule has 5 nitrogen and oxygen atoms in total. The summed E-state index contributed by atoms with van der Waals surface area (Å²) in [5.74, 6) is 0. The van der Waals surface area contributed by atoms with Gasteiger partial charge < -0.3 is 5.73 Å². The van der Waals surface area contributed by atoms with Gasteiger partial charge in [-0.1, -0.05) is 5.21 Å². The van der Waals surface area contributed by atoms with Gasteiger partial charge in [0.15, 0.2) is 0 Å². The van der Waals surface area contributed by atoms with Crippen molar-refractivity contribution in [3.05, 3.63) is 33.8 Å². The van der Waals surface area contributed by atoms with Gasteiger partial charge in [-0.3, -0.25) is 9.58 Å². The SMILES string of the molecule is CC1c2ccsc2CCN1Cc1cn(CCN)nn1. The standard InChI is InChI=1S/C13H19N5S/c1-10-12-3-7-19-13(12)2-5-17(10)8-11-9-18(6-4-14)16-15-11/h3,7,9-10H,2,4-6,8,14H2,1H3. The van der Waals surface area contributed by atoms with Crippen molar-refractivity contribution in [3.63, 3.8) is 0 Å². The third-order valence-corrected chi connectivity index (χ3v) is 4.71. The molecule has 0 bridgehead atoms. The number of nitrogens with two attached hydrogens (primary N) is 1. The zero-order valence-electron chi connectivity index (χ0n) is 11.1. The number of nitrogens with zero attached hydrogens (tertiary/aromatic N) is 4. The Balaban J connectivity index is 1.70. The molecule has 1 aliphatic rings. The Morgan fingerprint density at radius 1 is 1.53 bits per heavy atom. The lowest BCUT2D eigenvalue weighted by molar-refractivity contribution is 0.189. The van der Waals surface area contributed by atoms with Gasteiger partial charge in [-0.05, 0) is 30.4 Å². The van der Waals surface area contributed by atoms with Crippen molar-refractivity contribution in [2.75, 3.05) is 13.1 Å². The predicted molar refractivity (Wildman–Crippen MR) is 75.9 cm³/mol. The molecule has 0 radical (unpaired) electrons. The van der Waals surface area contributed by atoms with Crippen molar-refractivity contribution in [3.8, 4) is 0 Å². The number of fused-ring (bicyclic) bond motifs is 1. The first-order valence-electron chi connectivity index (χ1n) is 6.67. The monoisotopic (exact) mass is 277 g/mol. The van der Waals surface area contributed by atoms with Crippen LogP contribution in [0.2, 0.25) is 0 Å². The van der Waals surface area contributed by atoms with Gasteiger partial charge in [-0.15, -0.1) is 16.4 Å². The molecule has 3 rings (SSSR count). The first-order chi connectivity index (χ1) is 9.28. The molecule has 0 saturated heterocycles. The molecule has 1 aliphatic heterocycles. The Labute approximate surface area is 117 Å². The van der Waals surface area contributed by atoms with Crippen molar-refractivity contribution in [1.82, 2.24) is 19.9 Å². The molecule has 0 aromatic carbocycles. The van der Waals surface area contributed by atoms with Crippen LogP contribution in [0.1, 0.15) is 29.1 Å². The van der Waals surface area contributed by atoms with Crippen LogP contribution in [-0.4, -0.2) is 33.0 Å². The number of thiophene rings is 1. The predicted octanol–water partition coefficient (Wildman–Crippen LogP) is 1.42. The van der Waals surface area contributed by atoms with Gasteiger partial charge in [0.1, 0.15) is 0 Å². The van der Waals surface area contributed by atoms with Gasteiger partial charge in [0.05, 0.1) is 12.2 Å². The van der Waals surface area contributed by atoms with E-state index >= 15 is 0 Å². The first kappa shape index (κ1) is 12.8. The van der Waals surface area contributed by atoms with Crippen molar-refractivity contribution >= 4 is 11.3 Å². The Morgan fingerprint density at radius 2 is 2.42 bits per heavy atom. The molecule has 0 aliphatic carbocycles. The largest absolute Gasteiger partial charge is 0.329 e. The molecular weight excluding hydrogens is 258 g/mol. The smallest absolute Gasteiger partial charge is 0.0967 e. The van der Waals surface area contributed by atoms with Crippen LogP contribution < -0.4 is 5.73 Å². The van der Waals surface area contributed by atoms with Crippen molar-refractivity contribution < 1.29 is 0 Å². The zero-order valence-corrected chi connectivity index (χ0v) is 11.9. The van der Waals surface area contributed by atoms with E-state index in [1.54, 1.807) is 0 Å². The lowest BCUT2D eigenvalue weighted by Gasteiger charge is -2.32. The van der Waals surface area contributed by atoms with E-state index in [-0.39, 0.29) is 0 Å². The van der Waals surface area contributed by atoms with E-state index < -0.39 is 0 Å². The van der Waals surface area contributed by atoms with Crippen LogP contribution in [0, 0.1) is 0 Å². The zero-order chi connectivity index (χ0) is 13.2. The molecule has 2 aromatic heterocycles. The summed E-state index contributed by atoms with van der Waals surface area (Å²) in [6.45, 7) is 5.56. The Kier molecular flexibility index (Phi) is 3.63. The average Bonchev–Trinajstić information content (AvgIpc) is 3.03. The summed E-state index contributed by atoms with van der Waals surface area (Å²) in [5, 5.41) is 10.5. The van der Waals surface area contributed by atoms with Crippen LogP contribution in [0.25, 0.3) is 0 Å². The molecule has 1 atom stereocenters. The highest BCUT2D eigenvalue weighted by Crippen LogP contribution is 2.33. The van der Waals surface area contributed by atoms with Gasteiger partial charge in [0.25, 0.3) is 0 Å². The minimum absolute atomic E-state index is 0.467. The fourth-order valence-corrected chi connectivity index (χ4v) is 3.60. The molecule has 102 valence electrons. The maximum Gasteiger partial charge on any atom is 0.0967 e. The fraction of sp³-hybridized carbons (Fsp3) is 0.538. The van der Waals surface area contributed by atoms with E-state index in [0.29, 0.717) is 12.6 Å². The van der Waals surface area contributed by atoms with Crippen LogP contribution in [0.5, 0.6) is 0 Å². The molecule has 1 unspecified atom stereocenters. The Hall–Kier alpha value is -1.24. The second-order valence-corrected chi connectivity index (χ2v) is 5.96. The fourth-order valence-electron chi connectivity index (χ4n) is 2.64. The molecule has 2 aromatic rings. The first-order valence-corrected chi connectivity index (χ1v) is 7.55. The van der Waals surface area contributed by atoms with E-state index in [1.807, 2.05) is 22.2 Å². The molecule has 0 spiro atoms. The molecule has 3 heterocycles. The summed E-state index contributed by atoms with van der Waals surface area (Å²) >= 11 is 1.88. The third kappa shape index (κ3) is 2.56. The van der Waals surface area contributed by atoms with E-state index in [4.69, 9.17) is 5.73 Å². The molecule has 2 N–H and O–H groups in total. The van der Waals surface area contributed by atoms with Crippen molar-refractivity contribution in [2.24, 2.45) is 5.73 Å². The van der Waals surface area contributed by atoms with Gasteiger partial charge in [0, 0.05) is 36.8 Å². The molecule has 19 heavy (non-hydrogen) atoms. The molecule has 6 heteroatoms. The average molecular weight is 277 g/mol. The summed E-state index contributed by atoms with van der Waals surface area (Å²) in [4.78, 5) is 4.00. The van der Waals surface area contributed by atoms with E-state index in [9.17, 15) is 0 Å². The van der Waals surface area contributed by atoms with Gasteiger partial charge in [-0.25, -0.2) is 0 Å². The second kappa shape index (κ2) is 5.40. The lowest BCUT2D eigenvalue weighted by Crippen LogP contribution is -2.32. The topological polar surface area (TPSA) is 60.0 Å². The summed E-state index contributed by atoms with van der Waals surface area (Å²) in [6.07, 6.45) is 3.15. The number of hydrogen-bond donors (Lipinski definition) is 1. The highest BCUT2D eigenvalue weighted by molar-refractivity contribution is 7.10. The quantitative estimate of drug-likeness (QED) is 0.918. The minimum atomic E-state index is 0.467. The number of aromatic nitrogens is 3. The summed E-state index contributed by atoms with van der Waals surface area (Å²) in [5.41, 5.74) is 8.02. The van der Waals surface area contributed by atoms with Gasteiger partial charge >= 0.3 is 0 Å². The van der Waals surface area contributed by atoms with E-state index in [2.05, 4.69) is 33.6 Å². The molecular formula is C13H19N5S. The van der Waals surface area contributed by atoms with Crippen LogP contribution in [-0.2, 0) is 19.5 Å². The number of hydrogen-bond acceptors (Lipinski definition) is 5. The maximum absolute atomic E-state index is 5.52. The van der Waals surface area contributed by atoms with Crippen molar-refractivity contribution in [2.45, 2.75) is 32.5 Å². The summed E-state index contributed by atoms with van der Waals surface area (Å²) in [6, 6.07) is 2.72. The Morgan fingerprint density at radius 3 is 3.26 bits per heavy atom. The Bertz CT molecular complexity index is 547. The van der Waals surface area contributed by atoms with Crippen LogP contribution in [0.4, 0.5) is 0 Å². The summed E-state index contributed by atoms with van der Waals surface area (Å²) in [7, 11) is 0. The van der Waals surface area contributed by atoms with Crippen LogP contribution >= 0.6 is 11.3 Å². The van der Waals surface area contributed by atoms with Crippen LogP contribution in [0.15, 0.2) is 17.6 Å². The van der Waals surface area contributed by atoms with Gasteiger partial charge in [0.2, 0.25) is 0 Å². The van der Waals surface area contributed by atoms with E-state index in [0.717, 1.165) is 31.7 Å². The minimum Gasteiger partial charge on any atom is -0.329 e. The van der Waals surface area contributed by atoms with Gasteiger partial charge in [-0.2, -0.15) is 0 Å². The lowest BCUT2D eigenvalue weighted by atomic mass is 10.0. The van der Waals surface area contributed by atoms with Crippen molar-refractivity contribution in [1.29, 1.82) is 0 Å². The molecule has 0 amide bonds. The summed E-state index contributed by atoms with van der Waals surface area (Å²) < 4.78 is 1.82. The third-order valence-electron chi connectivity index (χ3n) is 3.71. The highest BCUT2D eigenvalue weighted by Gasteiger charge is 2.25. The van der Waals surface area contributed by atoms with E-state index in [1.165, 1.54) is 10.4 Å². The molecule has 0 saturated carbocycles. The number of rotatable bonds is 4.